The highest BCUT2D eigenvalue weighted by atomic mass is 16.5. The molecule has 2 heterocycles. The lowest BCUT2D eigenvalue weighted by molar-refractivity contribution is 0.0953. The Kier molecular flexibility index (Phi) is 5.97. The molecule has 0 bridgehead atoms. The minimum atomic E-state index is -0.0483. The van der Waals surface area contributed by atoms with Crippen molar-refractivity contribution in [1.82, 2.24) is 24.9 Å². The van der Waals surface area contributed by atoms with Gasteiger partial charge < -0.3 is 15.4 Å². The predicted molar refractivity (Wildman–Crippen MR) is 121 cm³/mol. The van der Waals surface area contributed by atoms with Crippen LogP contribution in [-0.2, 0) is 0 Å². The quantitative estimate of drug-likeness (QED) is 0.425. The van der Waals surface area contributed by atoms with Crippen LogP contribution >= 0.6 is 0 Å². The molecule has 0 atom stereocenters. The summed E-state index contributed by atoms with van der Waals surface area (Å²) in [7, 11) is 1.66. The molecule has 0 radical (unpaired) electrons. The van der Waals surface area contributed by atoms with E-state index in [2.05, 4.69) is 20.8 Å². The number of anilines is 1. The molecule has 2 N–H and O–H groups in total. The number of carbonyl (C=O) groups is 1. The number of rotatable bonds is 8. The zero-order chi connectivity index (χ0) is 21.8. The molecule has 8 nitrogen and oxygen atoms in total. The summed E-state index contributed by atoms with van der Waals surface area (Å²) >= 11 is 0. The number of fused-ring (bicyclic) bond motifs is 3. The maximum absolute atomic E-state index is 12.1. The fraction of sp³-hybridized carbons (Fsp3) is 0.304. The van der Waals surface area contributed by atoms with E-state index in [0.717, 1.165) is 41.0 Å². The lowest BCUT2D eigenvalue weighted by Gasteiger charge is -2.13. The minimum Gasteiger partial charge on any atom is -0.494 e. The van der Waals surface area contributed by atoms with E-state index in [1.54, 1.807) is 7.11 Å². The first kappa shape index (κ1) is 20.6. The summed E-state index contributed by atoms with van der Waals surface area (Å²) < 4.78 is 7.60. The van der Waals surface area contributed by atoms with E-state index in [4.69, 9.17) is 9.72 Å². The Bertz CT molecular complexity index is 1220. The first-order valence-electron chi connectivity index (χ1n) is 10.4. The largest absolute Gasteiger partial charge is 0.494 e. The van der Waals surface area contributed by atoms with Gasteiger partial charge in [0.2, 0.25) is 5.65 Å². The van der Waals surface area contributed by atoms with Gasteiger partial charge in [0.25, 0.3) is 5.91 Å². The van der Waals surface area contributed by atoms with Crippen molar-refractivity contribution in [3.63, 3.8) is 0 Å². The number of amides is 1. The van der Waals surface area contributed by atoms with Crippen LogP contribution in [0.1, 0.15) is 34.6 Å². The van der Waals surface area contributed by atoms with Crippen molar-refractivity contribution in [3.8, 4) is 5.75 Å². The lowest BCUT2D eigenvalue weighted by Crippen LogP contribution is -2.24. The third-order valence-electron chi connectivity index (χ3n) is 5.23. The Balaban J connectivity index is 1.43. The molecular formula is C23H26N6O2. The van der Waals surface area contributed by atoms with E-state index in [0.29, 0.717) is 30.1 Å². The van der Waals surface area contributed by atoms with Crippen LogP contribution in [0.5, 0.6) is 5.75 Å². The molecule has 4 rings (SSSR count). The molecule has 8 heteroatoms. The molecule has 4 aromatic rings. The number of nitrogens with zero attached hydrogens (tertiary/aromatic N) is 4. The molecule has 2 aromatic carbocycles. The average Bonchev–Trinajstić information content (AvgIpc) is 3.18. The number of benzene rings is 2. The van der Waals surface area contributed by atoms with Gasteiger partial charge in [-0.2, -0.15) is 0 Å². The number of aryl methyl sites for hydroxylation is 2. The van der Waals surface area contributed by atoms with E-state index in [1.807, 2.05) is 60.7 Å². The number of hydrogen-bond donors (Lipinski definition) is 2. The Hall–Kier alpha value is -3.68. The number of methoxy groups -OCH3 is 1. The van der Waals surface area contributed by atoms with Gasteiger partial charge in [-0.3, -0.25) is 9.20 Å². The summed E-state index contributed by atoms with van der Waals surface area (Å²) in [6.07, 6.45) is 1.72. The van der Waals surface area contributed by atoms with Gasteiger partial charge in [0.05, 0.1) is 12.6 Å². The number of hydrogen-bond acceptors (Lipinski definition) is 6. The maximum Gasteiger partial charge on any atom is 0.251 e. The number of ether oxygens (including phenoxy) is 1. The number of nitrogens with one attached hydrogen (secondary N) is 2. The molecule has 0 aliphatic rings. The van der Waals surface area contributed by atoms with E-state index in [1.165, 1.54) is 0 Å². The van der Waals surface area contributed by atoms with Crippen LogP contribution in [0.15, 0.2) is 42.5 Å². The Morgan fingerprint density at radius 2 is 1.81 bits per heavy atom. The SMILES string of the molecule is COc1c(C)ccc2c1nc(NCCCCNC(=O)c1ccccc1)c1nnc(C)n12. The van der Waals surface area contributed by atoms with E-state index in [9.17, 15) is 4.79 Å². The summed E-state index contributed by atoms with van der Waals surface area (Å²) in [5.74, 6) is 2.16. The molecule has 0 unspecified atom stereocenters. The van der Waals surface area contributed by atoms with Gasteiger partial charge in [0, 0.05) is 18.7 Å². The molecule has 0 aliphatic heterocycles. The monoisotopic (exact) mass is 418 g/mol. The number of carbonyl (C=O) groups excluding carboxylic acids is 1. The summed E-state index contributed by atoms with van der Waals surface area (Å²) in [6, 6.07) is 13.3. The summed E-state index contributed by atoms with van der Waals surface area (Å²) in [5, 5.41) is 14.9. The molecule has 0 spiro atoms. The zero-order valence-corrected chi connectivity index (χ0v) is 18.0. The van der Waals surface area contributed by atoms with Crippen LogP contribution in [0.4, 0.5) is 5.82 Å². The highest BCUT2D eigenvalue weighted by Crippen LogP contribution is 2.31. The van der Waals surface area contributed by atoms with Gasteiger partial charge in [-0.1, -0.05) is 24.3 Å². The van der Waals surface area contributed by atoms with Gasteiger partial charge in [-0.15, -0.1) is 10.2 Å². The van der Waals surface area contributed by atoms with Crippen LogP contribution < -0.4 is 15.4 Å². The summed E-state index contributed by atoms with van der Waals surface area (Å²) in [5.41, 5.74) is 4.07. The minimum absolute atomic E-state index is 0.0483. The van der Waals surface area contributed by atoms with Gasteiger partial charge in [0.1, 0.15) is 17.1 Å². The van der Waals surface area contributed by atoms with Gasteiger partial charge in [-0.25, -0.2) is 4.98 Å². The van der Waals surface area contributed by atoms with E-state index in [-0.39, 0.29) is 5.91 Å². The normalized spacial score (nSPS) is 11.1. The summed E-state index contributed by atoms with van der Waals surface area (Å²) in [4.78, 5) is 16.9. The molecule has 2 aromatic heterocycles. The molecular weight excluding hydrogens is 392 g/mol. The van der Waals surface area contributed by atoms with Crippen molar-refractivity contribution in [1.29, 1.82) is 0 Å². The van der Waals surface area contributed by atoms with Crippen molar-refractivity contribution < 1.29 is 9.53 Å². The van der Waals surface area contributed by atoms with Gasteiger partial charge in [0.15, 0.2) is 5.82 Å². The van der Waals surface area contributed by atoms with E-state index < -0.39 is 0 Å². The first-order valence-corrected chi connectivity index (χ1v) is 10.4. The highest BCUT2D eigenvalue weighted by molar-refractivity contribution is 5.94. The molecule has 0 saturated heterocycles. The van der Waals surface area contributed by atoms with Gasteiger partial charge >= 0.3 is 0 Å². The van der Waals surface area contributed by atoms with Gasteiger partial charge in [-0.05, 0) is 50.5 Å². The van der Waals surface area contributed by atoms with Crippen molar-refractivity contribution in [3.05, 3.63) is 59.4 Å². The predicted octanol–water partition coefficient (Wildman–Crippen LogP) is 3.53. The maximum atomic E-state index is 12.1. The smallest absolute Gasteiger partial charge is 0.251 e. The Morgan fingerprint density at radius 1 is 1.03 bits per heavy atom. The fourth-order valence-electron chi connectivity index (χ4n) is 3.64. The summed E-state index contributed by atoms with van der Waals surface area (Å²) in [6.45, 7) is 5.24. The molecule has 31 heavy (non-hydrogen) atoms. The third kappa shape index (κ3) is 4.14. The topological polar surface area (TPSA) is 93.4 Å². The second-order valence-electron chi connectivity index (χ2n) is 7.41. The van der Waals surface area contributed by atoms with Crippen LogP contribution in [0.25, 0.3) is 16.7 Å². The van der Waals surface area contributed by atoms with Crippen molar-refractivity contribution in [2.24, 2.45) is 0 Å². The molecule has 160 valence electrons. The second-order valence-corrected chi connectivity index (χ2v) is 7.41. The molecule has 0 aliphatic carbocycles. The van der Waals surface area contributed by atoms with Crippen LogP contribution in [0.2, 0.25) is 0 Å². The standard InChI is InChI=1S/C23H26N6O2/c1-15-11-12-18-19(20(15)31-3)26-21(22-28-27-16(2)29(18)22)24-13-7-8-14-25-23(30)17-9-5-4-6-10-17/h4-6,9-12H,7-8,13-14H2,1-3H3,(H,24,26)(H,25,30). The molecule has 0 fully saturated rings. The second kappa shape index (κ2) is 8.99. The lowest BCUT2D eigenvalue weighted by atomic mass is 10.2. The van der Waals surface area contributed by atoms with Crippen LogP contribution in [0, 0.1) is 13.8 Å². The number of unbranched alkanes of at least 4 members (excludes halogenated alkanes) is 1. The Morgan fingerprint density at radius 3 is 2.58 bits per heavy atom. The third-order valence-corrected chi connectivity index (χ3v) is 5.23. The highest BCUT2D eigenvalue weighted by Gasteiger charge is 2.16. The Labute approximate surface area is 180 Å². The van der Waals surface area contributed by atoms with E-state index >= 15 is 0 Å². The molecule has 0 saturated carbocycles. The fourth-order valence-corrected chi connectivity index (χ4v) is 3.64. The average molecular weight is 419 g/mol. The van der Waals surface area contributed by atoms with Crippen LogP contribution in [0.3, 0.4) is 0 Å². The first-order chi connectivity index (χ1) is 15.1. The van der Waals surface area contributed by atoms with Crippen molar-refractivity contribution in [2.75, 3.05) is 25.5 Å². The van der Waals surface area contributed by atoms with Crippen molar-refractivity contribution >= 4 is 28.4 Å². The zero-order valence-electron chi connectivity index (χ0n) is 18.0. The van der Waals surface area contributed by atoms with Crippen LogP contribution in [-0.4, -0.2) is 45.7 Å². The number of aromatic nitrogens is 4. The molecule has 1 amide bonds. The van der Waals surface area contributed by atoms with Crippen molar-refractivity contribution in [2.45, 2.75) is 26.7 Å².